The molecule has 0 fully saturated rings. The molecular formula is C14H18N2. The fraction of sp³-hybridized carbons (Fsp3) is 0.500. The molecule has 1 aromatic rings. The molecule has 2 aliphatic rings. The van der Waals surface area contributed by atoms with Crippen molar-refractivity contribution in [3.8, 4) is 0 Å². The van der Waals surface area contributed by atoms with Crippen LogP contribution in [0.5, 0.6) is 0 Å². The van der Waals surface area contributed by atoms with Crippen LogP contribution in [0.25, 0.3) is 5.57 Å². The molecule has 2 heteroatoms. The van der Waals surface area contributed by atoms with Crippen LogP contribution in [-0.4, -0.2) is 11.5 Å². The summed E-state index contributed by atoms with van der Waals surface area (Å²) in [5.74, 6) is 0. The Labute approximate surface area is 96.8 Å². The molecule has 0 atom stereocenters. The van der Waals surface area contributed by atoms with E-state index in [9.17, 15) is 0 Å². The number of nitrogens with zero attached hydrogens (tertiary/aromatic N) is 1. The Morgan fingerprint density at radius 3 is 3.00 bits per heavy atom. The first-order chi connectivity index (χ1) is 7.67. The molecule has 1 aliphatic heterocycles. The van der Waals surface area contributed by atoms with Gasteiger partial charge in [0.2, 0.25) is 0 Å². The summed E-state index contributed by atoms with van der Waals surface area (Å²) in [6, 6.07) is 2.22. The molecule has 0 saturated heterocycles. The number of hydrogen-bond donors (Lipinski definition) is 1. The van der Waals surface area contributed by atoms with Crippen LogP contribution in [0.1, 0.15) is 44.4 Å². The first-order valence-corrected chi connectivity index (χ1v) is 6.11. The maximum Gasteiger partial charge on any atom is 0.0679 e. The summed E-state index contributed by atoms with van der Waals surface area (Å²) < 4.78 is 0. The van der Waals surface area contributed by atoms with Crippen LogP contribution < -0.4 is 5.32 Å². The minimum Gasteiger partial charge on any atom is -0.384 e. The Morgan fingerprint density at radius 1 is 1.38 bits per heavy atom. The Bertz CT molecular complexity index is 458. The summed E-state index contributed by atoms with van der Waals surface area (Å²) >= 11 is 0. The molecule has 0 bridgehead atoms. The van der Waals surface area contributed by atoms with E-state index in [1.807, 2.05) is 0 Å². The minimum atomic E-state index is 0.227. The van der Waals surface area contributed by atoms with Gasteiger partial charge < -0.3 is 5.32 Å². The predicted molar refractivity (Wildman–Crippen MR) is 67.6 cm³/mol. The number of anilines is 1. The predicted octanol–water partition coefficient (Wildman–Crippen LogP) is 3.35. The molecule has 1 aliphatic carbocycles. The van der Waals surface area contributed by atoms with E-state index in [-0.39, 0.29) is 5.41 Å². The van der Waals surface area contributed by atoms with Crippen molar-refractivity contribution in [2.75, 3.05) is 11.9 Å². The van der Waals surface area contributed by atoms with Crippen molar-refractivity contribution in [3.05, 3.63) is 29.6 Å². The van der Waals surface area contributed by atoms with Crippen molar-refractivity contribution in [1.82, 2.24) is 4.98 Å². The van der Waals surface area contributed by atoms with Crippen molar-refractivity contribution in [2.45, 2.75) is 38.5 Å². The molecule has 0 saturated carbocycles. The molecule has 16 heavy (non-hydrogen) atoms. The van der Waals surface area contributed by atoms with E-state index in [4.69, 9.17) is 0 Å². The molecule has 0 unspecified atom stereocenters. The zero-order valence-corrected chi connectivity index (χ0v) is 10.0. The van der Waals surface area contributed by atoms with Crippen LogP contribution in [0.15, 0.2) is 18.3 Å². The highest BCUT2D eigenvalue weighted by Crippen LogP contribution is 2.37. The van der Waals surface area contributed by atoms with Gasteiger partial charge in [0.25, 0.3) is 0 Å². The highest BCUT2D eigenvalue weighted by atomic mass is 14.9. The summed E-state index contributed by atoms with van der Waals surface area (Å²) in [6.45, 7) is 5.55. The fourth-order valence-electron chi connectivity index (χ4n) is 2.63. The van der Waals surface area contributed by atoms with E-state index in [1.165, 1.54) is 41.8 Å². The number of aromatic nitrogens is 1. The van der Waals surface area contributed by atoms with E-state index in [0.29, 0.717) is 0 Å². The number of nitrogens with one attached hydrogen (secondary N) is 1. The van der Waals surface area contributed by atoms with Gasteiger partial charge in [0.15, 0.2) is 0 Å². The number of hydrogen-bond acceptors (Lipinski definition) is 2. The molecule has 2 heterocycles. The average molecular weight is 214 g/mol. The lowest BCUT2D eigenvalue weighted by Crippen LogP contribution is -2.19. The molecule has 1 aromatic heterocycles. The highest BCUT2D eigenvalue weighted by Gasteiger charge is 2.30. The molecule has 0 radical (unpaired) electrons. The van der Waals surface area contributed by atoms with E-state index in [1.54, 1.807) is 0 Å². The first kappa shape index (κ1) is 9.88. The second-order valence-corrected chi connectivity index (χ2v) is 5.47. The highest BCUT2D eigenvalue weighted by molar-refractivity contribution is 5.70. The van der Waals surface area contributed by atoms with Gasteiger partial charge in [-0.2, -0.15) is 0 Å². The number of fused-ring (bicyclic) bond motifs is 1. The van der Waals surface area contributed by atoms with Gasteiger partial charge in [-0.25, -0.2) is 0 Å². The van der Waals surface area contributed by atoms with Crippen LogP contribution in [0.4, 0.5) is 5.69 Å². The van der Waals surface area contributed by atoms with Crippen molar-refractivity contribution in [3.63, 3.8) is 0 Å². The first-order valence-electron chi connectivity index (χ1n) is 6.11. The smallest absolute Gasteiger partial charge is 0.0679 e. The van der Waals surface area contributed by atoms with E-state index >= 15 is 0 Å². The Hall–Kier alpha value is -1.31. The van der Waals surface area contributed by atoms with Gasteiger partial charge in [-0.05, 0) is 30.9 Å². The van der Waals surface area contributed by atoms with Crippen LogP contribution in [0.2, 0.25) is 0 Å². The maximum absolute atomic E-state index is 4.62. The zero-order chi connectivity index (χ0) is 11.2. The topological polar surface area (TPSA) is 24.9 Å². The van der Waals surface area contributed by atoms with Gasteiger partial charge in [-0.3, -0.25) is 4.98 Å². The number of allylic oxidation sites excluding steroid dienone is 2. The van der Waals surface area contributed by atoms with Crippen molar-refractivity contribution >= 4 is 11.3 Å². The zero-order valence-electron chi connectivity index (χ0n) is 10.0. The van der Waals surface area contributed by atoms with Gasteiger partial charge in [-0.1, -0.05) is 19.9 Å². The Morgan fingerprint density at radius 2 is 2.25 bits per heavy atom. The number of pyridine rings is 1. The van der Waals surface area contributed by atoms with Gasteiger partial charge in [0.05, 0.1) is 5.69 Å². The lowest BCUT2D eigenvalue weighted by atomic mass is 9.88. The van der Waals surface area contributed by atoms with E-state index in [0.717, 1.165) is 6.54 Å². The fourth-order valence-corrected chi connectivity index (χ4v) is 2.63. The van der Waals surface area contributed by atoms with Crippen LogP contribution in [0.3, 0.4) is 0 Å². The Kier molecular flexibility index (Phi) is 2.06. The summed E-state index contributed by atoms with van der Waals surface area (Å²) in [5, 5.41) is 3.49. The second kappa shape index (κ2) is 3.34. The summed E-state index contributed by atoms with van der Waals surface area (Å²) in [5.41, 5.74) is 5.46. The second-order valence-electron chi connectivity index (χ2n) is 5.47. The third kappa shape index (κ3) is 1.44. The van der Waals surface area contributed by atoms with Crippen LogP contribution in [-0.2, 0) is 5.41 Å². The normalized spacial score (nSPS) is 21.5. The molecule has 2 nitrogen and oxygen atoms in total. The SMILES string of the molecule is CC1(C)CNc2cc(C3=CCCC3)ncc21. The van der Waals surface area contributed by atoms with Gasteiger partial charge in [0, 0.05) is 29.4 Å². The minimum absolute atomic E-state index is 0.227. The van der Waals surface area contributed by atoms with E-state index < -0.39 is 0 Å². The molecule has 0 amide bonds. The van der Waals surface area contributed by atoms with Crippen LogP contribution in [0, 0.1) is 0 Å². The molecule has 0 spiro atoms. The monoisotopic (exact) mass is 214 g/mol. The van der Waals surface area contributed by atoms with Gasteiger partial charge in [-0.15, -0.1) is 0 Å². The van der Waals surface area contributed by atoms with Crippen molar-refractivity contribution in [1.29, 1.82) is 0 Å². The quantitative estimate of drug-likeness (QED) is 0.775. The lowest BCUT2D eigenvalue weighted by molar-refractivity contribution is 0.584. The van der Waals surface area contributed by atoms with E-state index in [2.05, 4.69) is 42.5 Å². The van der Waals surface area contributed by atoms with Crippen LogP contribution >= 0.6 is 0 Å². The summed E-state index contributed by atoms with van der Waals surface area (Å²) in [4.78, 5) is 4.62. The molecule has 0 aromatic carbocycles. The lowest BCUT2D eigenvalue weighted by Gasteiger charge is -2.16. The molecule has 84 valence electrons. The van der Waals surface area contributed by atoms with Crippen molar-refractivity contribution < 1.29 is 0 Å². The molecule has 3 rings (SSSR count). The molecule has 1 N–H and O–H groups in total. The average Bonchev–Trinajstić information content (AvgIpc) is 2.87. The summed E-state index contributed by atoms with van der Waals surface area (Å²) in [7, 11) is 0. The third-order valence-corrected chi connectivity index (χ3v) is 3.72. The standard InChI is InChI=1S/C14H18N2/c1-14(2)9-16-13-7-12(15-8-11(13)14)10-5-3-4-6-10/h5,7-8,16H,3-4,6,9H2,1-2H3. The Balaban J connectivity index is 2.01. The molecular weight excluding hydrogens is 196 g/mol. The van der Waals surface area contributed by atoms with Gasteiger partial charge >= 0.3 is 0 Å². The number of rotatable bonds is 1. The largest absolute Gasteiger partial charge is 0.384 e. The van der Waals surface area contributed by atoms with Crippen molar-refractivity contribution in [2.24, 2.45) is 0 Å². The summed E-state index contributed by atoms with van der Waals surface area (Å²) in [6.07, 6.45) is 8.08. The van der Waals surface area contributed by atoms with Gasteiger partial charge in [0.1, 0.15) is 0 Å². The maximum atomic E-state index is 4.62. The third-order valence-electron chi connectivity index (χ3n) is 3.72.